The molecule has 0 amide bonds. The van der Waals surface area contributed by atoms with E-state index in [-0.39, 0.29) is 31.1 Å². The van der Waals surface area contributed by atoms with Crippen molar-refractivity contribution in [3.05, 3.63) is 48.6 Å². The quantitative estimate of drug-likeness (QED) is 0.0262. The van der Waals surface area contributed by atoms with Crippen LogP contribution >= 0.6 is 0 Å². The number of hydrogen-bond donors (Lipinski definition) is 0. The van der Waals surface area contributed by atoms with Crippen molar-refractivity contribution in [2.24, 2.45) is 0 Å². The van der Waals surface area contributed by atoms with Crippen LogP contribution in [0.3, 0.4) is 0 Å². The van der Waals surface area contributed by atoms with E-state index < -0.39 is 6.10 Å². The minimum atomic E-state index is -0.783. The standard InChI is InChI=1S/C57H102O6/c1-4-7-10-13-16-19-22-25-28-31-34-37-40-43-46-49-55(58)61-52-54(63-57(60)51-48-45-42-39-36-33-30-27-24-21-18-15-12-9-6-3)53-62-56(59)50-47-44-41-38-35-32-29-26-23-20-17-14-11-8-5-2/h16,18-19,21,25,27-28,30,54H,4-15,17,20,22-24,26,29,31-53H2,1-3H3/b19-16-,21-18-,28-25-,30-27-. The summed E-state index contributed by atoms with van der Waals surface area (Å²) in [5, 5.41) is 0. The molecule has 0 N–H and O–H groups in total. The highest BCUT2D eigenvalue weighted by Crippen LogP contribution is 2.15. The summed E-state index contributed by atoms with van der Waals surface area (Å²) in [6.07, 6.45) is 62.3. The number of hydrogen-bond acceptors (Lipinski definition) is 6. The number of unbranched alkanes of at least 4 members (excludes halogenated alkanes) is 30. The van der Waals surface area contributed by atoms with Gasteiger partial charge in [0.05, 0.1) is 0 Å². The third-order valence-corrected chi connectivity index (χ3v) is 11.8. The maximum Gasteiger partial charge on any atom is 0.306 e. The lowest BCUT2D eigenvalue weighted by molar-refractivity contribution is -0.167. The first-order valence-corrected chi connectivity index (χ1v) is 27.1. The predicted octanol–water partition coefficient (Wildman–Crippen LogP) is 17.9. The highest BCUT2D eigenvalue weighted by Gasteiger charge is 2.19. The van der Waals surface area contributed by atoms with E-state index in [0.29, 0.717) is 19.3 Å². The normalized spacial score (nSPS) is 12.4. The molecule has 0 spiro atoms. The van der Waals surface area contributed by atoms with Crippen LogP contribution in [-0.2, 0) is 28.6 Å². The van der Waals surface area contributed by atoms with Gasteiger partial charge in [-0.3, -0.25) is 14.4 Å². The molecule has 1 unspecified atom stereocenters. The lowest BCUT2D eigenvalue weighted by atomic mass is 10.0. The molecule has 63 heavy (non-hydrogen) atoms. The Kier molecular flexibility index (Phi) is 49.8. The van der Waals surface area contributed by atoms with Gasteiger partial charge in [-0.15, -0.1) is 0 Å². The third-order valence-electron chi connectivity index (χ3n) is 11.8. The Morgan fingerprint density at radius 1 is 0.317 bits per heavy atom. The molecular formula is C57H102O6. The van der Waals surface area contributed by atoms with Gasteiger partial charge in [0.2, 0.25) is 0 Å². The first-order chi connectivity index (χ1) is 31.0. The van der Waals surface area contributed by atoms with Crippen LogP contribution in [0.4, 0.5) is 0 Å². The van der Waals surface area contributed by atoms with Crippen molar-refractivity contribution in [2.45, 2.75) is 284 Å². The van der Waals surface area contributed by atoms with Gasteiger partial charge in [-0.2, -0.15) is 0 Å². The van der Waals surface area contributed by atoms with Crippen molar-refractivity contribution < 1.29 is 28.6 Å². The first kappa shape index (κ1) is 60.4. The Bertz CT molecular complexity index is 1110. The molecular weight excluding hydrogens is 781 g/mol. The fourth-order valence-corrected chi connectivity index (χ4v) is 7.68. The van der Waals surface area contributed by atoms with Crippen molar-refractivity contribution in [3.63, 3.8) is 0 Å². The van der Waals surface area contributed by atoms with Crippen molar-refractivity contribution in [1.82, 2.24) is 0 Å². The van der Waals surface area contributed by atoms with E-state index in [1.54, 1.807) is 0 Å². The average Bonchev–Trinajstić information content (AvgIpc) is 3.28. The van der Waals surface area contributed by atoms with Gasteiger partial charge in [-0.1, -0.05) is 223 Å². The molecule has 0 rings (SSSR count). The fourth-order valence-electron chi connectivity index (χ4n) is 7.68. The zero-order valence-electron chi connectivity index (χ0n) is 41.8. The second-order valence-electron chi connectivity index (χ2n) is 18.1. The molecule has 0 fully saturated rings. The number of carbonyl (C=O) groups excluding carboxylic acids is 3. The Morgan fingerprint density at radius 3 is 0.905 bits per heavy atom. The third kappa shape index (κ3) is 50.2. The topological polar surface area (TPSA) is 78.9 Å². The monoisotopic (exact) mass is 883 g/mol. The van der Waals surface area contributed by atoms with Crippen LogP contribution in [0.15, 0.2) is 48.6 Å². The molecule has 0 aromatic carbocycles. The number of esters is 3. The van der Waals surface area contributed by atoms with Crippen molar-refractivity contribution in [1.29, 1.82) is 0 Å². The van der Waals surface area contributed by atoms with Crippen LogP contribution < -0.4 is 0 Å². The van der Waals surface area contributed by atoms with Crippen LogP contribution in [0, 0.1) is 0 Å². The summed E-state index contributed by atoms with van der Waals surface area (Å²) in [5.41, 5.74) is 0. The summed E-state index contributed by atoms with van der Waals surface area (Å²) in [5.74, 6) is -0.899. The fraction of sp³-hybridized carbons (Fsp3) is 0.807. The van der Waals surface area contributed by atoms with E-state index in [2.05, 4.69) is 69.4 Å². The molecule has 0 heterocycles. The van der Waals surface area contributed by atoms with Gasteiger partial charge in [0, 0.05) is 19.3 Å². The molecule has 0 bridgehead atoms. The van der Waals surface area contributed by atoms with Crippen LogP contribution in [0.1, 0.15) is 278 Å². The largest absolute Gasteiger partial charge is 0.462 e. The zero-order valence-corrected chi connectivity index (χ0v) is 41.8. The maximum absolute atomic E-state index is 12.8. The summed E-state index contributed by atoms with van der Waals surface area (Å²) in [6, 6.07) is 0. The van der Waals surface area contributed by atoms with E-state index in [1.165, 1.54) is 135 Å². The second-order valence-corrected chi connectivity index (χ2v) is 18.1. The summed E-state index contributed by atoms with van der Waals surface area (Å²) >= 11 is 0. The summed E-state index contributed by atoms with van der Waals surface area (Å²) in [6.45, 7) is 6.58. The lowest BCUT2D eigenvalue weighted by Gasteiger charge is -2.18. The van der Waals surface area contributed by atoms with Gasteiger partial charge < -0.3 is 14.2 Å². The summed E-state index contributed by atoms with van der Waals surface area (Å²) in [7, 11) is 0. The van der Waals surface area contributed by atoms with Gasteiger partial charge >= 0.3 is 17.9 Å². The van der Waals surface area contributed by atoms with E-state index in [9.17, 15) is 14.4 Å². The smallest absolute Gasteiger partial charge is 0.306 e. The van der Waals surface area contributed by atoms with Crippen molar-refractivity contribution >= 4 is 17.9 Å². The highest BCUT2D eigenvalue weighted by molar-refractivity contribution is 5.71. The van der Waals surface area contributed by atoms with Crippen LogP contribution in [0.5, 0.6) is 0 Å². The average molecular weight is 883 g/mol. The molecule has 6 nitrogen and oxygen atoms in total. The van der Waals surface area contributed by atoms with Gasteiger partial charge in [-0.25, -0.2) is 0 Å². The van der Waals surface area contributed by atoms with Gasteiger partial charge in [0.25, 0.3) is 0 Å². The maximum atomic E-state index is 12.8. The lowest BCUT2D eigenvalue weighted by Crippen LogP contribution is -2.30. The highest BCUT2D eigenvalue weighted by atomic mass is 16.6. The number of allylic oxidation sites excluding steroid dienone is 8. The number of ether oxygens (including phenoxy) is 3. The number of carbonyl (C=O) groups is 3. The molecule has 0 aliphatic carbocycles. The van der Waals surface area contributed by atoms with Crippen molar-refractivity contribution in [3.8, 4) is 0 Å². The first-order valence-electron chi connectivity index (χ1n) is 27.1. The van der Waals surface area contributed by atoms with Gasteiger partial charge in [0.15, 0.2) is 6.10 Å². The molecule has 0 aromatic heterocycles. The van der Waals surface area contributed by atoms with Crippen molar-refractivity contribution in [2.75, 3.05) is 13.2 Å². The Hall–Kier alpha value is -2.63. The summed E-state index contributed by atoms with van der Waals surface area (Å²) in [4.78, 5) is 38.0. The molecule has 1 atom stereocenters. The Balaban J connectivity index is 4.40. The second kappa shape index (κ2) is 52.0. The minimum absolute atomic E-state index is 0.0809. The van der Waals surface area contributed by atoms with Gasteiger partial charge in [0.1, 0.15) is 13.2 Å². The van der Waals surface area contributed by atoms with Gasteiger partial charge in [-0.05, 0) is 83.5 Å². The molecule has 0 radical (unpaired) electrons. The van der Waals surface area contributed by atoms with Crippen LogP contribution in [0.25, 0.3) is 0 Å². The Labute approximate surface area is 390 Å². The molecule has 6 heteroatoms. The number of rotatable bonds is 49. The van der Waals surface area contributed by atoms with E-state index in [1.807, 2.05) is 0 Å². The molecule has 0 aromatic rings. The molecule has 0 aliphatic rings. The minimum Gasteiger partial charge on any atom is -0.462 e. The van der Waals surface area contributed by atoms with E-state index in [4.69, 9.17) is 14.2 Å². The molecule has 366 valence electrons. The van der Waals surface area contributed by atoms with Crippen LogP contribution in [-0.4, -0.2) is 37.2 Å². The molecule has 0 saturated carbocycles. The summed E-state index contributed by atoms with van der Waals surface area (Å²) < 4.78 is 16.8. The molecule has 0 aliphatic heterocycles. The Morgan fingerprint density at radius 2 is 0.571 bits per heavy atom. The molecule has 0 saturated heterocycles. The predicted molar refractivity (Wildman–Crippen MR) is 270 cm³/mol. The van der Waals surface area contributed by atoms with E-state index >= 15 is 0 Å². The SMILES string of the molecule is CCCCC/C=C\C/C=C\CCCCCCCC(=O)OCC(COC(=O)CCCCCCCCCCCCCCCCC)OC(=O)CCCCCCC/C=C\C/C=C\CCCCC. The van der Waals surface area contributed by atoms with Crippen LogP contribution in [0.2, 0.25) is 0 Å². The zero-order chi connectivity index (χ0) is 45.8. The van der Waals surface area contributed by atoms with E-state index in [0.717, 1.165) is 103 Å².